The molecule has 0 aliphatic rings. The Morgan fingerprint density at radius 2 is 1.67 bits per heavy atom. The number of benzene rings is 3. The Hall–Kier alpha value is -3.09. The van der Waals surface area contributed by atoms with Crippen molar-refractivity contribution in [2.45, 2.75) is 17.3 Å². The maximum absolute atomic E-state index is 13.1. The molecule has 1 amide bonds. The minimum Gasteiger partial charge on any atom is -0.273 e. The van der Waals surface area contributed by atoms with Crippen molar-refractivity contribution in [3.8, 4) is 0 Å². The maximum atomic E-state index is 13.1. The Morgan fingerprint density at radius 1 is 0.967 bits per heavy atom. The van der Waals surface area contributed by atoms with Crippen molar-refractivity contribution in [1.82, 2.24) is 9.66 Å². The first-order valence-electron chi connectivity index (χ1n) is 9.33. The van der Waals surface area contributed by atoms with Crippen molar-refractivity contribution >= 4 is 40.2 Å². The summed E-state index contributed by atoms with van der Waals surface area (Å²) >= 11 is 7.60. The van der Waals surface area contributed by atoms with Crippen LogP contribution in [-0.2, 0) is 17.0 Å². The van der Waals surface area contributed by atoms with Crippen LogP contribution in [0.4, 0.5) is 0 Å². The minimum absolute atomic E-state index is 0.161. The highest BCUT2D eigenvalue weighted by atomic mass is 35.5. The van der Waals surface area contributed by atoms with Gasteiger partial charge in [0, 0.05) is 10.8 Å². The summed E-state index contributed by atoms with van der Waals surface area (Å²) in [5.74, 6) is 0.221. The third kappa shape index (κ3) is 4.56. The Morgan fingerprint density at radius 3 is 2.47 bits per heavy atom. The normalized spacial score (nSPS) is 10.8. The van der Waals surface area contributed by atoms with Gasteiger partial charge in [-0.15, -0.1) is 0 Å². The van der Waals surface area contributed by atoms with E-state index in [0.29, 0.717) is 26.8 Å². The quantitative estimate of drug-likeness (QED) is 0.353. The van der Waals surface area contributed by atoms with Crippen LogP contribution in [0, 0.1) is 0 Å². The van der Waals surface area contributed by atoms with Crippen LogP contribution in [0.25, 0.3) is 10.9 Å². The van der Waals surface area contributed by atoms with Crippen LogP contribution in [0.3, 0.4) is 0 Å². The zero-order valence-electron chi connectivity index (χ0n) is 15.9. The predicted molar refractivity (Wildman–Crippen MR) is 122 cm³/mol. The van der Waals surface area contributed by atoms with Gasteiger partial charge in [-0.3, -0.25) is 15.0 Å². The predicted octanol–water partition coefficient (Wildman–Crippen LogP) is 4.66. The molecule has 7 heteroatoms. The Bertz CT molecular complexity index is 1260. The highest BCUT2D eigenvalue weighted by Gasteiger charge is 2.15. The molecule has 0 bridgehead atoms. The van der Waals surface area contributed by atoms with Crippen molar-refractivity contribution in [3.63, 3.8) is 0 Å². The first-order valence-corrected chi connectivity index (χ1v) is 10.7. The molecule has 0 saturated heterocycles. The SMILES string of the molecule is O=C(Cc1ccccc1)Nn1c(SCc2ccccc2Cl)nc2ccccc2c1=O. The van der Waals surface area contributed by atoms with E-state index in [1.807, 2.05) is 60.7 Å². The van der Waals surface area contributed by atoms with Gasteiger partial charge in [-0.25, -0.2) is 4.98 Å². The minimum atomic E-state index is -0.316. The number of carbonyl (C=O) groups excluding carboxylic acids is 1. The lowest BCUT2D eigenvalue weighted by atomic mass is 10.1. The molecule has 0 unspecified atom stereocenters. The largest absolute Gasteiger partial charge is 0.281 e. The third-order valence-electron chi connectivity index (χ3n) is 4.50. The van der Waals surface area contributed by atoms with Crippen LogP contribution < -0.4 is 11.0 Å². The van der Waals surface area contributed by atoms with E-state index >= 15 is 0 Å². The zero-order valence-corrected chi connectivity index (χ0v) is 17.5. The lowest BCUT2D eigenvalue weighted by Gasteiger charge is -2.14. The number of nitrogens with one attached hydrogen (secondary N) is 1. The Kier molecular flexibility index (Phi) is 6.16. The van der Waals surface area contributed by atoms with Gasteiger partial charge >= 0.3 is 0 Å². The van der Waals surface area contributed by atoms with Gasteiger partial charge in [-0.1, -0.05) is 84.0 Å². The van der Waals surface area contributed by atoms with Crippen LogP contribution in [0.5, 0.6) is 0 Å². The molecule has 3 aromatic carbocycles. The number of fused-ring (bicyclic) bond motifs is 1. The molecule has 0 radical (unpaired) electrons. The number of halogens is 1. The molecule has 0 atom stereocenters. The van der Waals surface area contributed by atoms with Crippen molar-refractivity contribution in [2.75, 3.05) is 5.43 Å². The number of para-hydroxylation sites is 1. The number of amides is 1. The van der Waals surface area contributed by atoms with Gasteiger partial charge in [-0.05, 0) is 29.3 Å². The number of hydrogen-bond acceptors (Lipinski definition) is 4. The van der Waals surface area contributed by atoms with E-state index in [-0.39, 0.29) is 17.9 Å². The summed E-state index contributed by atoms with van der Waals surface area (Å²) in [5.41, 5.74) is 4.77. The number of hydrogen-bond donors (Lipinski definition) is 1. The molecule has 150 valence electrons. The van der Waals surface area contributed by atoms with E-state index in [1.54, 1.807) is 18.2 Å². The highest BCUT2D eigenvalue weighted by molar-refractivity contribution is 7.98. The molecule has 0 aliphatic heterocycles. The summed E-state index contributed by atoms with van der Waals surface area (Å²) in [6, 6.07) is 24.0. The van der Waals surface area contributed by atoms with E-state index in [2.05, 4.69) is 10.4 Å². The summed E-state index contributed by atoms with van der Waals surface area (Å²) in [6.45, 7) is 0. The van der Waals surface area contributed by atoms with Crippen molar-refractivity contribution in [2.24, 2.45) is 0 Å². The molecular weight excluding hydrogens is 418 g/mol. The standard InChI is InChI=1S/C23H18ClN3O2S/c24-19-12-6-4-10-17(19)15-30-23-25-20-13-7-5-11-18(20)22(29)27(23)26-21(28)14-16-8-2-1-3-9-16/h1-13H,14-15H2,(H,26,28). The van der Waals surface area contributed by atoms with Gasteiger partial charge in [0.1, 0.15) is 0 Å². The van der Waals surface area contributed by atoms with E-state index in [1.165, 1.54) is 16.4 Å². The second-order valence-electron chi connectivity index (χ2n) is 6.63. The fourth-order valence-electron chi connectivity index (χ4n) is 3.01. The molecule has 1 aromatic heterocycles. The van der Waals surface area contributed by atoms with Crippen LogP contribution in [0.15, 0.2) is 88.8 Å². The van der Waals surface area contributed by atoms with Crippen molar-refractivity contribution in [1.29, 1.82) is 0 Å². The molecule has 5 nitrogen and oxygen atoms in total. The molecule has 4 rings (SSSR count). The number of carbonyl (C=O) groups is 1. The van der Waals surface area contributed by atoms with Gasteiger partial charge in [0.2, 0.25) is 5.91 Å². The topological polar surface area (TPSA) is 64.0 Å². The zero-order chi connectivity index (χ0) is 20.9. The van der Waals surface area contributed by atoms with Crippen molar-refractivity contribution < 1.29 is 4.79 Å². The number of aromatic nitrogens is 2. The Balaban J connectivity index is 1.66. The van der Waals surface area contributed by atoms with Gasteiger partial charge in [0.15, 0.2) is 5.16 Å². The number of thioether (sulfide) groups is 1. The second kappa shape index (κ2) is 9.15. The fraction of sp³-hybridized carbons (Fsp3) is 0.0870. The first-order chi connectivity index (χ1) is 14.6. The molecule has 30 heavy (non-hydrogen) atoms. The van der Waals surface area contributed by atoms with Gasteiger partial charge in [-0.2, -0.15) is 4.68 Å². The lowest BCUT2D eigenvalue weighted by molar-refractivity contribution is -0.116. The van der Waals surface area contributed by atoms with Crippen molar-refractivity contribution in [3.05, 3.63) is 105 Å². The first kappa shape index (κ1) is 20.2. The highest BCUT2D eigenvalue weighted by Crippen LogP contribution is 2.25. The Labute approximate surface area is 182 Å². The summed E-state index contributed by atoms with van der Waals surface area (Å²) in [7, 11) is 0. The van der Waals surface area contributed by atoms with Crippen LogP contribution in [0.1, 0.15) is 11.1 Å². The second-order valence-corrected chi connectivity index (χ2v) is 7.98. The smallest absolute Gasteiger partial charge is 0.273 e. The molecule has 0 aliphatic carbocycles. The molecular formula is C23H18ClN3O2S. The van der Waals surface area contributed by atoms with E-state index < -0.39 is 0 Å². The van der Waals surface area contributed by atoms with E-state index in [0.717, 1.165) is 11.1 Å². The molecule has 4 aromatic rings. The van der Waals surface area contributed by atoms with Gasteiger partial charge in [0.25, 0.3) is 5.56 Å². The van der Waals surface area contributed by atoms with E-state index in [9.17, 15) is 9.59 Å². The summed E-state index contributed by atoms with van der Waals surface area (Å²) < 4.78 is 1.23. The summed E-state index contributed by atoms with van der Waals surface area (Å²) in [6.07, 6.45) is 0.161. The van der Waals surface area contributed by atoms with Crippen LogP contribution in [-0.4, -0.2) is 15.6 Å². The average molecular weight is 436 g/mol. The lowest BCUT2D eigenvalue weighted by Crippen LogP contribution is -2.35. The number of nitrogens with zero attached hydrogens (tertiary/aromatic N) is 2. The molecule has 0 fully saturated rings. The molecule has 1 heterocycles. The molecule has 1 N–H and O–H groups in total. The molecule has 0 spiro atoms. The fourth-order valence-corrected chi connectivity index (χ4v) is 4.25. The summed E-state index contributed by atoms with van der Waals surface area (Å²) in [5, 5.41) is 1.49. The van der Waals surface area contributed by atoms with Gasteiger partial charge < -0.3 is 0 Å². The van der Waals surface area contributed by atoms with Crippen LogP contribution >= 0.6 is 23.4 Å². The number of rotatable bonds is 6. The van der Waals surface area contributed by atoms with Crippen LogP contribution in [0.2, 0.25) is 5.02 Å². The van der Waals surface area contributed by atoms with E-state index in [4.69, 9.17) is 11.6 Å². The maximum Gasteiger partial charge on any atom is 0.281 e. The van der Waals surface area contributed by atoms with Gasteiger partial charge in [0.05, 0.1) is 17.3 Å². The average Bonchev–Trinajstić information content (AvgIpc) is 2.76. The summed E-state index contributed by atoms with van der Waals surface area (Å²) in [4.78, 5) is 30.3. The third-order valence-corrected chi connectivity index (χ3v) is 5.86. The molecule has 0 saturated carbocycles. The monoisotopic (exact) mass is 435 g/mol.